The summed E-state index contributed by atoms with van der Waals surface area (Å²) in [5, 5.41) is 0.995. The zero-order valence-electron chi connectivity index (χ0n) is 50.8. The Bertz CT molecular complexity index is 3230. The summed E-state index contributed by atoms with van der Waals surface area (Å²) in [6, 6.07) is 75.2. The lowest BCUT2D eigenvalue weighted by atomic mass is 9.88. The molecule has 4 unspecified atom stereocenters. The Morgan fingerprint density at radius 1 is 0.379 bits per heavy atom. The molecule has 4 atom stereocenters. The van der Waals surface area contributed by atoms with Gasteiger partial charge in [-0.15, -0.1) is 0 Å². The summed E-state index contributed by atoms with van der Waals surface area (Å²) in [6.07, 6.45) is 20.9. The van der Waals surface area contributed by atoms with E-state index < -0.39 is 0 Å². The van der Waals surface area contributed by atoms with Crippen LogP contribution >= 0.6 is 11.8 Å². The molecule has 6 nitrogen and oxygen atoms in total. The third-order valence-corrected chi connectivity index (χ3v) is 19.3. The Labute approximate surface area is 522 Å². The van der Waals surface area contributed by atoms with Crippen molar-refractivity contribution < 1.29 is 28.4 Å². The number of unbranched alkanes of at least 4 members (excludes halogenated alkanes) is 2. The van der Waals surface area contributed by atoms with Crippen LogP contribution < -0.4 is 18.9 Å². The Morgan fingerprint density at radius 2 is 0.782 bits per heavy atom. The number of thioether (sulfide) groups is 1. The normalized spacial score (nSPS) is 17.7. The molecule has 8 aromatic rings. The molecule has 0 saturated carbocycles. The first-order valence-electron chi connectivity index (χ1n) is 32.7. The van der Waals surface area contributed by atoms with Crippen LogP contribution in [0, 0.1) is 0 Å². The number of benzene rings is 8. The summed E-state index contributed by atoms with van der Waals surface area (Å²) in [4.78, 5) is 0. The molecule has 448 valence electrons. The number of rotatable bonds is 26. The Hall–Kier alpha value is -7.29. The van der Waals surface area contributed by atoms with E-state index in [2.05, 4.69) is 218 Å². The molecule has 2 saturated heterocycles. The van der Waals surface area contributed by atoms with Crippen LogP contribution in [0.25, 0.3) is 22.3 Å². The summed E-state index contributed by atoms with van der Waals surface area (Å²) in [7, 11) is 0. The average molecular weight is 1180 g/mol. The van der Waals surface area contributed by atoms with Gasteiger partial charge in [-0.1, -0.05) is 158 Å². The van der Waals surface area contributed by atoms with Crippen LogP contribution in [0.4, 0.5) is 0 Å². The molecule has 87 heavy (non-hydrogen) atoms. The number of ether oxygens (including phenoxy) is 6. The highest BCUT2D eigenvalue weighted by molar-refractivity contribution is 8.00. The molecule has 0 N–H and O–H groups in total. The van der Waals surface area contributed by atoms with E-state index in [1.165, 1.54) is 77.9 Å². The molecule has 7 heteroatoms. The van der Waals surface area contributed by atoms with Crippen molar-refractivity contribution in [2.24, 2.45) is 0 Å². The van der Waals surface area contributed by atoms with Crippen LogP contribution in [0.2, 0.25) is 0 Å². The fraction of sp³-hybridized carbons (Fsp3) is 0.350. The SMILES string of the molecule is c1ccc(CC(CCCCOc2ccc(C3=C(c4ccccc4)CCCc4cc(OC5CCCCO5)ccc43)cc2)SC(CCCCOc2ccc(C3=C(c4ccccc4)CCCc4cc(OC5CCCCO5)ccc43)cc2)Cc2ccccc2)cc1. The van der Waals surface area contributed by atoms with E-state index in [0.717, 1.165) is 165 Å². The van der Waals surface area contributed by atoms with Crippen LogP contribution in [0.15, 0.2) is 206 Å². The second-order valence-electron chi connectivity index (χ2n) is 24.1. The van der Waals surface area contributed by atoms with Crippen LogP contribution in [0.1, 0.15) is 158 Å². The van der Waals surface area contributed by atoms with Crippen LogP contribution in [0.3, 0.4) is 0 Å². The maximum Gasteiger partial charge on any atom is 0.199 e. The first kappa shape index (κ1) is 60.0. The number of hydrogen-bond donors (Lipinski definition) is 0. The molecule has 2 aliphatic carbocycles. The van der Waals surface area contributed by atoms with Gasteiger partial charge in [0.25, 0.3) is 0 Å². The molecule has 12 rings (SSSR count). The van der Waals surface area contributed by atoms with Gasteiger partial charge in [0, 0.05) is 23.3 Å². The fourth-order valence-electron chi connectivity index (χ4n) is 13.3. The monoisotopic (exact) mass is 1170 g/mol. The predicted molar refractivity (Wildman–Crippen MR) is 359 cm³/mol. The lowest BCUT2D eigenvalue weighted by molar-refractivity contribution is -0.106. The first-order valence-corrected chi connectivity index (χ1v) is 33.7. The lowest BCUT2D eigenvalue weighted by Gasteiger charge is -2.24. The largest absolute Gasteiger partial charge is 0.494 e. The minimum absolute atomic E-state index is 0.161. The van der Waals surface area contributed by atoms with Crippen molar-refractivity contribution in [3.05, 3.63) is 262 Å². The van der Waals surface area contributed by atoms with Gasteiger partial charge in [-0.3, -0.25) is 0 Å². The van der Waals surface area contributed by atoms with E-state index in [4.69, 9.17) is 28.4 Å². The van der Waals surface area contributed by atoms with Crippen molar-refractivity contribution in [2.45, 2.75) is 151 Å². The summed E-state index contributed by atoms with van der Waals surface area (Å²) < 4.78 is 37.7. The minimum atomic E-state index is -0.161. The number of fused-ring (bicyclic) bond motifs is 2. The molecule has 0 aromatic heterocycles. The van der Waals surface area contributed by atoms with Crippen molar-refractivity contribution in [1.29, 1.82) is 0 Å². The second kappa shape index (κ2) is 31.1. The molecule has 8 aromatic carbocycles. The van der Waals surface area contributed by atoms with Crippen LogP contribution in [0.5, 0.6) is 23.0 Å². The number of aryl methyl sites for hydroxylation is 2. The highest BCUT2D eigenvalue weighted by atomic mass is 32.2. The summed E-state index contributed by atoms with van der Waals surface area (Å²) in [5.74, 6) is 3.65. The quantitative estimate of drug-likeness (QED) is 0.0501. The van der Waals surface area contributed by atoms with Crippen molar-refractivity contribution >= 4 is 34.1 Å². The maximum absolute atomic E-state index is 6.53. The standard InChI is InChI=1S/C80H86O6S/c1-5-23-59(24-6-1)55-71(33-13-17-51-81-67-43-39-63(40-44-67)79-73(61-27-9-3-10-28-61)35-21-31-65-57-69(47-49-75(65)79)85-77-37-15-19-53-83-77)87-72(56-60-25-7-2-8-26-60)34-14-18-52-82-68-45-41-64(42-46-68)80-74(62-29-11-4-12-30-62)36-22-32-66-58-70(48-50-76(66)80)86-78-38-16-20-54-84-78/h1-12,23-30,39-50,57-58,71-72,77-78H,13-22,31-38,51-56H2. The van der Waals surface area contributed by atoms with Gasteiger partial charge in [-0.05, 0) is 242 Å². The Morgan fingerprint density at radius 3 is 1.18 bits per heavy atom. The predicted octanol–water partition coefficient (Wildman–Crippen LogP) is 19.8. The van der Waals surface area contributed by atoms with E-state index in [-0.39, 0.29) is 12.6 Å². The van der Waals surface area contributed by atoms with Gasteiger partial charge in [0.05, 0.1) is 26.4 Å². The van der Waals surface area contributed by atoms with Gasteiger partial charge in [0.1, 0.15) is 23.0 Å². The first-order chi connectivity index (χ1) is 43.1. The third kappa shape index (κ3) is 16.7. The molecule has 0 amide bonds. The highest BCUT2D eigenvalue weighted by Crippen LogP contribution is 2.44. The van der Waals surface area contributed by atoms with Gasteiger partial charge >= 0.3 is 0 Å². The van der Waals surface area contributed by atoms with Crippen molar-refractivity contribution in [3.8, 4) is 23.0 Å². The molecule has 0 bridgehead atoms. The molecule has 0 spiro atoms. The Kier molecular flexibility index (Phi) is 21.4. The summed E-state index contributed by atoms with van der Waals surface area (Å²) in [5.41, 5.74) is 18.5. The molecular weight excluding hydrogens is 1090 g/mol. The molecule has 4 aliphatic rings. The number of hydrogen-bond acceptors (Lipinski definition) is 7. The molecular formula is C80H86O6S. The second-order valence-corrected chi connectivity index (χ2v) is 25.7. The van der Waals surface area contributed by atoms with Gasteiger partial charge in [0.15, 0.2) is 12.6 Å². The van der Waals surface area contributed by atoms with Gasteiger partial charge in [-0.2, -0.15) is 11.8 Å². The van der Waals surface area contributed by atoms with Crippen molar-refractivity contribution in [1.82, 2.24) is 0 Å². The smallest absolute Gasteiger partial charge is 0.199 e. The zero-order valence-corrected chi connectivity index (χ0v) is 51.6. The number of allylic oxidation sites excluding steroid dienone is 2. The summed E-state index contributed by atoms with van der Waals surface area (Å²) in [6.45, 7) is 2.93. The Balaban J connectivity index is 0.669. The molecule has 2 heterocycles. The minimum Gasteiger partial charge on any atom is -0.494 e. The zero-order chi connectivity index (χ0) is 58.7. The van der Waals surface area contributed by atoms with Crippen molar-refractivity contribution in [2.75, 3.05) is 26.4 Å². The highest BCUT2D eigenvalue weighted by Gasteiger charge is 2.26. The lowest BCUT2D eigenvalue weighted by Crippen LogP contribution is -2.25. The average Bonchev–Trinajstić information content (AvgIpc) is 2.57. The van der Waals surface area contributed by atoms with Gasteiger partial charge < -0.3 is 28.4 Å². The maximum atomic E-state index is 6.53. The van der Waals surface area contributed by atoms with E-state index in [1.54, 1.807) is 0 Å². The topological polar surface area (TPSA) is 55.4 Å². The van der Waals surface area contributed by atoms with E-state index in [9.17, 15) is 0 Å². The molecule has 2 aliphatic heterocycles. The van der Waals surface area contributed by atoms with Gasteiger partial charge in [0.2, 0.25) is 0 Å². The van der Waals surface area contributed by atoms with Crippen molar-refractivity contribution in [3.63, 3.8) is 0 Å². The van der Waals surface area contributed by atoms with Crippen LogP contribution in [-0.2, 0) is 35.2 Å². The van der Waals surface area contributed by atoms with E-state index in [1.807, 2.05) is 0 Å². The van der Waals surface area contributed by atoms with E-state index in [0.29, 0.717) is 23.7 Å². The third-order valence-electron chi connectivity index (χ3n) is 17.8. The molecule has 0 radical (unpaired) electrons. The van der Waals surface area contributed by atoms with Crippen LogP contribution in [-0.4, -0.2) is 49.5 Å². The van der Waals surface area contributed by atoms with E-state index >= 15 is 0 Å². The summed E-state index contributed by atoms with van der Waals surface area (Å²) >= 11 is 2.21. The fourth-order valence-corrected chi connectivity index (χ4v) is 15.1. The van der Waals surface area contributed by atoms with Gasteiger partial charge in [-0.25, -0.2) is 0 Å². The molecule has 2 fully saturated rings.